The fraction of sp³-hybridized carbons (Fsp3) is 0.462. The van der Waals surface area contributed by atoms with E-state index in [4.69, 9.17) is 14.5 Å². The molecule has 1 aromatic carbocycles. The van der Waals surface area contributed by atoms with Gasteiger partial charge in [0.05, 0.1) is 6.10 Å². The Balaban J connectivity index is 1.67. The molecule has 0 bridgehead atoms. The summed E-state index contributed by atoms with van der Waals surface area (Å²) in [6.07, 6.45) is 2.21. The van der Waals surface area contributed by atoms with Crippen LogP contribution in [0.25, 0.3) is 11.0 Å². The Morgan fingerprint density at radius 1 is 1.33 bits per heavy atom. The van der Waals surface area contributed by atoms with Crippen molar-refractivity contribution in [3.63, 3.8) is 0 Å². The molecule has 1 saturated carbocycles. The molecule has 2 aromatic rings. The van der Waals surface area contributed by atoms with Crippen molar-refractivity contribution in [3.05, 3.63) is 16.6 Å². The summed E-state index contributed by atoms with van der Waals surface area (Å²) in [7, 11) is 0. The van der Waals surface area contributed by atoms with Crippen molar-refractivity contribution >= 4 is 33.1 Å². The van der Waals surface area contributed by atoms with Crippen LogP contribution in [0.15, 0.2) is 21.2 Å². The summed E-state index contributed by atoms with van der Waals surface area (Å²) in [5.74, 6) is 0.635. The zero-order valence-electron chi connectivity index (χ0n) is 11.1. The van der Waals surface area contributed by atoms with E-state index in [1.165, 1.54) is 0 Å². The number of aromatic nitrogens is 2. The molecule has 0 radical (unpaired) electrons. The van der Waals surface area contributed by atoms with Gasteiger partial charge in [-0.1, -0.05) is 15.9 Å². The van der Waals surface area contributed by atoms with Gasteiger partial charge in [-0.15, -0.1) is 0 Å². The van der Waals surface area contributed by atoms with Crippen molar-refractivity contribution < 1.29 is 19.3 Å². The summed E-state index contributed by atoms with van der Waals surface area (Å²) in [5.41, 5.74) is 1.24. The third-order valence-corrected chi connectivity index (χ3v) is 4.04. The van der Waals surface area contributed by atoms with E-state index in [-0.39, 0.29) is 12.1 Å². The molecule has 1 heterocycles. The fourth-order valence-corrected chi connectivity index (χ4v) is 3.02. The molecule has 1 aliphatic carbocycles. The number of nitrogens with one attached hydrogen (secondary N) is 1. The molecule has 21 heavy (non-hydrogen) atoms. The van der Waals surface area contributed by atoms with Gasteiger partial charge in [-0.2, -0.15) is 0 Å². The molecule has 7 nitrogen and oxygen atoms in total. The van der Waals surface area contributed by atoms with Crippen molar-refractivity contribution in [2.75, 3.05) is 0 Å². The molecule has 3 rings (SSSR count). The minimum atomic E-state index is -0.971. The van der Waals surface area contributed by atoms with Crippen LogP contribution in [0.2, 0.25) is 0 Å². The predicted octanol–water partition coefficient (Wildman–Crippen LogP) is 2.94. The first-order valence-electron chi connectivity index (χ1n) is 6.70. The minimum Gasteiger partial charge on any atom is -0.488 e. The van der Waals surface area contributed by atoms with Gasteiger partial charge in [0, 0.05) is 10.5 Å². The number of ether oxygens (including phenoxy) is 1. The number of fused-ring (bicyclic) bond motifs is 1. The number of hydrogen-bond donors (Lipinski definition) is 2. The molecular weight excluding hydrogens is 342 g/mol. The molecule has 0 saturated heterocycles. The Hall–Kier alpha value is -1.83. The van der Waals surface area contributed by atoms with Crippen LogP contribution in [0.5, 0.6) is 5.75 Å². The van der Waals surface area contributed by atoms with Gasteiger partial charge in [0.1, 0.15) is 5.52 Å². The summed E-state index contributed by atoms with van der Waals surface area (Å²) < 4.78 is 11.6. The lowest BCUT2D eigenvalue weighted by Gasteiger charge is -2.28. The first-order chi connectivity index (χ1) is 10.1. The van der Waals surface area contributed by atoms with E-state index in [1.54, 1.807) is 0 Å². The van der Waals surface area contributed by atoms with Crippen molar-refractivity contribution in [1.29, 1.82) is 0 Å². The smallest absolute Gasteiger partial charge is 0.404 e. The highest BCUT2D eigenvalue weighted by molar-refractivity contribution is 9.10. The van der Waals surface area contributed by atoms with Crippen molar-refractivity contribution in [2.24, 2.45) is 0 Å². The standard InChI is InChI=1S/C13H14BrN3O4/c14-7-5-10-12(17-21-16-10)11(6-7)20-9-3-1-8(2-4-9)15-13(18)19/h5-6,8-9,15H,1-4H2,(H,18,19). The Morgan fingerprint density at radius 3 is 2.81 bits per heavy atom. The third-order valence-electron chi connectivity index (χ3n) is 3.59. The van der Waals surface area contributed by atoms with Gasteiger partial charge in [-0.25, -0.2) is 9.42 Å². The molecule has 1 amide bonds. The summed E-state index contributed by atoms with van der Waals surface area (Å²) >= 11 is 3.40. The third kappa shape index (κ3) is 3.26. The van der Waals surface area contributed by atoms with E-state index in [2.05, 4.69) is 31.6 Å². The zero-order valence-corrected chi connectivity index (χ0v) is 12.7. The average Bonchev–Trinajstić information content (AvgIpc) is 2.88. The van der Waals surface area contributed by atoms with Gasteiger partial charge in [0.2, 0.25) is 0 Å². The lowest BCUT2D eigenvalue weighted by atomic mass is 9.93. The average molecular weight is 356 g/mol. The number of hydrogen-bond acceptors (Lipinski definition) is 5. The molecule has 1 fully saturated rings. The maximum absolute atomic E-state index is 10.6. The second kappa shape index (κ2) is 5.88. The number of nitrogens with zero attached hydrogens (tertiary/aromatic N) is 2. The van der Waals surface area contributed by atoms with E-state index in [0.29, 0.717) is 16.8 Å². The van der Waals surface area contributed by atoms with Crippen molar-refractivity contribution in [1.82, 2.24) is 15.6 Å². The fourth-order valence-electron chi connectivity index (χ4n) is 2.60. The van der Waals surface area contributed by atoms with Crippen LogP contribution in [0.3, 0.4) is 0 Å². The van der Waals surface area contributed by atoms with E-state index in [0.717, 1.165) is 30.2 Å². The van der Waals surface area contributed by atoms with Gasteiger partial charge in [-0.3, -0.25) is 0 Å². The highest BCUT2D eigenvalue weighted by atomic mass is 79.9. The van der Waals surface area contributed by atoms with Crippen LogP contribution in [0.4, 0.5) is 4.79 Å². The number of benzene rings is 1. The van der Waals surface area contributed by atoms with Crippen LogP contribution in [0, 0.1) is 0 Å². The predicted molar refractivity (Wildman–Crippen MR) is 77.3 cm³/mol. The second-order valence-corrected chi connectivity index (χ2v) is 5.99. The van der Waals surface area contributed by atoms with E-state index in [1.807, 2.05) is 12.1 Å². The zero-order chi connectivity index (χ0) is 14.8. The molecule has 0 unspecified atom stereocenters. The van der Waals surface area contributed by atoms with E-state index in [9.17, 15) is 4.79 Å². The molecule has 0 spiro atoms. The molecular formula is C13H14BrN3O4. The Kier molecular flexibility index (Phi) is 3.96. The maximum atomic E-state index is 10.6. The molecule has 8 heteroatoms. The Bertz CT molecular complexity index is 652. The number of amides is 1. The molecule has 1 aliphatic rings. The normalized spacial score (nSPS) is 22.1. The number of rotatable bonds is 3. The van der Waals surface area contributed by atoms with Crippen LogP contribution >= 0.6 is 15.9 Å². The molecule has 0 aliphatic heterocycles. The molecule has 0 atom stereocenters. The summed E-state index contributed by atoms with van der Waals surface area (Å²) in [5, 5.41) is 18.9. The highest BCUT2D eigenvalue weighted by Gasteiger charge is 2.24. The van der Waals surface area contributed by atoms with Gasteiger partial charge < -0.3 is 15.2 Å². The van der Waals surface area contributed by atoms with Crippen molar-refractivity contribution in [2.45, 2.75) is 37.8 Å². The molecule has 2 N–H and O–H groups in total. The summed E-state index contributed by atoms with van der Waals surface area (Å²) in [4.78, 5) is 10.6. The first kappa shape index (κ1) is 14.1. The quantitative estimate of drug-likeness (QED) is 0.878. The van der Waals surface area contributed by atoms with Crippen LogP contribution in [-0.4, -0.2) is 33.7 Å². The Labute approximate surface area is 128 Å². The number of halogens is 1. The van der Waals surface area contributed by atoms with Crippen molar-refractivity contribution in [3.8, 4) is 5.75 Å². The number of carbonyl (C=O) groups is 1. The van der Waals surface area contributed by atoms with Gasteiger partial charge in [0.15, 0.2) is 11.3 Å². The highest BCUT2D eigenvalue weighted by Crippen LogP contribution is 2.31. The van der Waals surface area contributed by atoms with E-state index < -0.39 is 6.09 Å². The molecule has 1 aromatic heterocycles. The summed E-state index contributed by atoms with van der Waals surface area (Å²) in [6.45, 7) is 0. The lowest BCUT2D eigenvalue weighted by molar-refractivity contribution is 0.135. The second-order valence-electron chi connectivity index (χ2n) is 5.08. The van der Waals surface area contributed by atoms with Crippen LogP contribution in [0.1, 0.15) is 25.7 Å². The van der Waals surface area contributed by atoms with Crippen LogP contribution in [-0.2, 0) is 0 Å². The summed E-state index contributed by atoms with van der Waals surface area (Å²) in [6, 6.07) is 3.67. The minimum absolute atomic E-state index is 0.0126. The maximum Gasteiger partial charge on any atom is 0.404 e. The lowest BCUT2D eigenvalue weighted by Crippen LogP contribution is -2.38. The SMILES string of the molecule is O=C(O)NC1CCC(Oc2cc(Br)cc3nonc23)CC1. The molecule has 112 valence electrons. The topological polar surface area (TPSA) is 97.5 Å². The van der Waals surface area contributed by atoms with Gasteiger partial charge in [-0.05, 0) is 48.1 Å². The largest absolute Gasteiger partial charge is 0.488 e. The van der Waals surface area contributed by atoms with Crippen LogP contribution < -0.4 is 10.1 Å². The monoisotopic (exact) mass is 355 g/mol. The van der Waals surface area contributed by atoms with Gasteiger partial charge in [0.25, 0.3) is 0 Å². The first-order valence-corrected chi connectivity index (χ1v) is 7.49. The Morgan fingerprint density at radius 2 is 2.10 bits per heavy atom. The van der Waals surface area contributed by atoms with Gasteiger partial charge >= 0.3 is 6.09 Å². The number of carboxylic acid groups (broad SMARTS) is 1. The van der Waals surface area contributed by atoms with E-state index >= 15 is 0 Å².